The van der Waals surface area contributed by atoms with Gasteiger partial charge >= 0.3 is 0 Å². The smallest absolute Gasteiger partial charge is 0.0271 e. The molecule has 1 heterocycles. The largest absolute Gasteiger partial charge is 0.269 e. The maximum atomic E-state index is 5.45. The third-order valence-corrected chi connectivity index (χ3v) is 1.35. The van der Waals surface area contributed by atoms with Crippen LogP contribution in [-0.4, -0.2) is 36.2 Å². The summed E-state index contributed by atoms with van der Waals surface area (Å²) in [5.74, 6) is 10.9. The van der Waals surface area contributed by atoms with Crippen LogP contribution < -0.4 is 11.7 Å². The van der Waals surface area contributed by atoms with E-state index in [4.69, 9.17) is 11.7 Å². The molecule has 96 valence electrons. The fourth-order valence-electron chi connectivity index (χ4n) is 0.737. The zero-order valence-corrected chi connectivity index (χ0v) is 12.2. The topological polar surface area (TPSA) is 58.5 Å². The third-order valence-electron chi connectivity index (χ3n) is 1.35. The van der Waals surface area contributed by atoms with Crippen LogP contribution in [-0.2, 0) is 0 Å². The predicted molar refractivity (Wildman–Crippen MR) is 75.0 cm³/mol. The first-order valence-electron chi connectivity index (χ1n) is 2.78. The Bertz CT molecular complexity index is 70.2. The van der Waals surface area contributed by atoms with Crippen LogP contribution in [0.5, 0.6) is 0 Å². The standard InChI is InChI=1S/C4H12N4.6ClH/c5-7-1-2-8(6)4-3-7;;;;;;/h1-6H2;6*1H. The molecule has 0 aliphatic carbocycles. The van der Waals surface area contributed by atoms with Crippen molar-refractivity contribution in [2.75, 3.05) is 26.2 Å². The van der Waals surface area contributed by atoms with E-state index in [1.54, 1.807) is 10.0 Å². The molecule has 0 atom stereocenters. The molecule has 0 saturated carbocycles. The zero-order valence-electron chi connectivity index (χ0n) is 7.33. The minimum absolute atomic E-state index is 0. The average Bonchev–Trinajstić information content (AvgIpc) is 1.77. The van der Waals surface area contributed by atoms with Crippen molar-refractivity contribution in [2.24, 2.45) is 11.7 Å². The molecular formula is C4H18Cl6N4. The van der Waals surface area contributed by atoms with Crippen LogP contribution in [0, 0.1) is 0 Å². The second-order valence-electron chi connectivity index (χ2n) is 2.07. The summed E-state index contributed by atoms with van der Waals surface area (Å²) >= 11 is 0. The van der Waals surface area contributed by atoms with Gasteiger partial charge in [0.2, 0.25) is 0 Å². The Morgan fingerprint density at radius 3 is 0.786 bits per heavy atom. The summed E-state index contributed by atoms with van der Waals surface area (Å²) in [6.07, 6.45) is 0. The molecule has 14 heavy (non-hydrogen) atoms. The van der Waals surface area contributed by atoms with E-state index in [1.807, 2.05) is 0 Å². The summed E-state index contributed by atoms with van der Waals surface area (Å²) in [5, 5.41) is 3.56. The van der Waals surface area contributed by atoms with Crippen molar-refractivity contribution in [1.82, 2.24) is 10.0 Å². The Hall–Kier alpha value is 1.58. The van der Waals surface area contributed by atoms with Crippen molar-refractivity contribution >= 4 is 74.4 Å². The number of halogens is 6. The van der Waals surface area contributed by atoms with Crippen LogP contribution in [0.25, 0.3) is 0 Å². The van der Waals surface area contributed by atoms with Gasteiger partial charge < -0.3 is 0 Å². The summed E-state index contributed by atoms with van der Waals surface area (Å²) < 4.78 is 0. The van der Waals surface area contributed by atoms with Crippen molar-refractivity contribution in [2.45, 2.75) is 0 Å². The first kappa shape index (κ1) is 36.1. The molecule has 0 aromatic rings. The first-order chi connectivity index (χ1) is 3.79. The van der Waals surface area contributed by atoms with Gasteiger partial charge in [0.1, 0.15) is 0 Å². The van der Waals surface area contributed by atoms with E-state index in [1.165, 1.54) is 0 Å². The molecule has 0 spiro atoms. The van der Waals surface area contributed by atoms with Crippen LogP contribution in [0.15, 0.2) is 0 Å². The summed E-state index contributed by atoms with van der Waals surface area (Å²) in [4.78, 5) is 0. The lowest BCUT2D eigenvalue weighted by Crippen LogP contribution is -2.51. The SMILES string of the molecule is Cl.Cl.Cl.Cl.Cl.Cl.NN1CCN(N)CC1. The number of nitrogens with two attached hydrogens (primary N) is 2. The molecule has 1 saturated heterocycles. The Kier molecular flexibility index (Phi) is 51.7. The van der Waals surface area contributed by atoms with Gasteiger partial charge in [-0.25, -0.2) is 10.0 Å². The Morgan fingerprint density at radius 2 is 0.643 bits per heavy atom. The quantitative estimate of drug-likeness (QED) is 0.646. The number of nitrogens with zero attached hydrogens (tertiary/aromatic N) is 2. The van der Waals surface area contributed by atoms with Crippen LogP contribution in [0.1, 0.15) is 0 Å². The van der Waals surface area contributed by atoms with E-state index in [0.717, 1.165) is 26.2 Å². The average molecular weight is 335 g/mol. The van der Waals surface area contributed by atoms with Crippen LogP contribution in [0.3, 0.4) is 0 Å². The highest BCUT2D eigenvalue weighted by Crippen LogP contribution is 1.88. The molecule has 4 N–H and O–H groups in total. The van der Waals surface area contributed by atoms with E-state index < -0.39 is 0 Å². The van der Waals surface area contributed by atoms with Gasteiger partial charge in [0.15, 0.2) is 0 Å². The van der Waals surface area contributed by atoms with Crippen molar-refractivity contribution in [3.05, 3.63) is 0 Å². The summed E-state index contributed by atoms with van der Waals surface area (Å²) in [5.41, 5.74) is 0. The molecule has 1 fully saturated rings. The van der Waals surface area contributed by atoms with E-state index in [0.29, 0.717) is 0 Å². The van der Waals surface area contributed by atoms with Gasteiger partial charge in [0.25, 0.3) is 0 Å². The molecule has 0 radical (unpaired) electrons. The van der Waals surface area contributed by atoms with Crippen molar-refractivity contribution in [3.8, 4) is 0 Å². The molecule has 0 aromatic carbocycles. The Morgan fingerprint density at radius 1 is 0.500 bits per heavy atom. The molecule has 1 aliphatic rings. The minimum Gasteiger partial charge on any atom is -0.269 e. The predicted octanol–water partition coefficient (Wildman–Crippen LogP) is 0.882. The van der Waals surface area contributed by atoms with E-state index in [2.05, 4.69) is 0 Å². The third kappa shape index (κ3) is 16.0. The molecule has 10 heteroatoms. The van der Waals surface area contributed by atoms with Gasteiger partial charge in [-0.05, 0) is 0 Å². The van der Waals surface area contributed by atoms with Gasteiger partial charge in [0, 0.05) is 26.2 Å². The summed E-state index contributed by atoms with van der Waals surface area (Å²) in [6, 6.07) is 0. The molecule has 1 aliphatic heterocycles. The van der Waals surface area contributed by atoms with Gasteiger partial charge in [0.05, 0.1) is 0 Å². The van der Waals surface area contributed by atoms with Gasteiger partial charge in [-0.2, -0.15) is 0 Å². The van der Waals surface area contributed by atoms with Gasteiger partial charge in [-0.3, -0.25) is 11.7 Å². The lowest BCUT2D eigenvalue weighted by molar-refractivity contribution is 0.135. The van der Waals surface area contributed by atoms with Crippen molar-refractivity contribution in [3.63, 3.8) is 0 Å². The second kappa shape index (κ2) is 20.1. The number of hydrogen-bond acceptors (Lipinski definition) is 4. The summed E-state index contributed by atoms with van der Waals surface area (Å²) in [7, 11) is 0. The fourth-order valence-corrected chi connectivity index (χ4v) is 0.737. The van der Waals surface area contributed by atoms with E-state index >= 15 is 0 Å². The molecule has 4 nitrogen and oxygen atoms in total. The first-order valence-corrected chi connectivity index (χ1v) is 2.78. The van der Waals surface area contributed by atoms with E-state index in [9.17, 15) is 0 Å². The highest BCUT2D eigenvalue weighted by atomic mass is 35.5. The molecule has 0 aromatic heterocycles. The Balaban J connectivity index is -0.0000000267. The monoisotopic (exact) mass is 332 g/mol. The molecule has 0 unspecified atom stereocenters. The lowest BCUT2D eigenvalue weighted by Gasteiger charge is -2.28. The molecule has 1 rings (SSSR count). The van der Waals surface area contributed by atoms with Crippen molar-refractivity contribution in [1.29, 1.82) is 0 Å². The van der Waals surface area contributed by atoms with E-state index in [-0.39, 0.29) is 74.4 Å². The van der Waals surface area contributed by atoms with Gasteiger partial charge in [-0.1, -0.05) is 0 Å². The van der Waals surface area contributed by atoms with Crippen molar-refractivity contribution < 1.29 is 0 Å². The second-order valence-corrected chi connectivity index (χ2v) is 2.07. The number of rotatable bonds is 0. The normalized spacial score (nSPS) is 15.0. The number of piperazine rings is 1. The fraction of sp³-hybridized carbons (Fsp3) is 1.00. The maximum absolute atomic E-state index is 5.45. The highest BCUT2D eigenvalue weighted by molar-refractivity contribution is 5.86. The molecular weight excluding hydrogens is 317 g/mol. The van der Waals surface area contributed by atoms with Crippen LogP contribution >= 0.6 is 74.4 Å². The highest BCUT2D eigenvalue weighted by Gasteiger charge is 2.08. The summed E-state index contributed by atoms with van der Waals surface area (Å²) in [6.45, 7) is 3.54. The minimum atomic E-state index is 0. The molecule has 0 amide bonds. The number of hydrogen-bond donors (Lipinski definition) is 2. The zero-order chi connectivity index (χ0) is 5.98. The van der Waals surface area contributed by atoms with Crippen LogP contribution in [0.2, 0.25) is 0 Å². The molecule has 0 bridgehead atoms. The number of hydrazine groups is 2. The Labute approximate surface area is 122 Å². The van der Waals surface area contributed by atoms with Crippen LogP contribution in [0.4, 0.5) is 0 Å². The van der Waals surface area contributed by atoms with Gasteiger partial charge in [-0.15, -0.1) is 74.4 Å². The lowest BCUT2D eigenvalue weighted by atomic mass is 10.4. The maximum Gasteiger partial charge on any atom is 0.0271 e.